The predicted molar refractivity (Wildman–Crippen MR) is 84.6 cm³/mol. The third-order valence-corrected chi connectivity index (χ3v) is 3.96. The van der Waals surface area contributed by atoms with E-state index in [1.54, 1.807) is 25.1 Å². The van der Waals surface area contributed by atoms with Crippen LogP contribution in [0.15, 0.2) is 24.3 Å². The second-order valence-electron chi connectivity index (χ2n) is 5.58. The number of ketones is 1. The van der Waals surface area contributed by atoms with Crippen LogP contribution in [0.25, 0.3) is 0 Å². The fraction of sp³-hybridized carbons (Fsp3) is 0.500. The number of carbonyl (C=O) groups is 2. The zero-order chi connectivity index (χ0) is 15.2. The van der Waals surface area contributed by atoms with E-state index >= 15 is 0 Å². The van der Waals surface area contributed by atoms with Crippen LogP contribution in [0.3, 0.4) is 0 Å². The fourth-order valence-corrected chi connectivity index (χ4v) is 2.97. The zero-order valence-electron chi connectivity index (χ0n) is 12.3. The van der Waals surface area contributed by atoms with E-state index < -0.39 is 0 Å². The summed E-state index contributed by atoms with van der Waals surface area (Å²) in [6, 6.07) is 7.30. The number of piperidine rings is 1. The van der Waals surface area contributed by atoms with Crippen molar-refractivity contribution in [2.45, 2.75) is 38.6 Å². The van der Waals surface area contributed by atoms with Gasteiger partial charge in [0.15, 0.2) is 0 Å². The number of carbonyl (C=O) groups excluding carboxylic acids is 2. The average molecular weight is 309 g/mol. The van der Waals surface area contributed by atoms with Gasteiger partial charge in [-0.3, -0.25) is 14.5 Å². The minimum Gasteiger partial charge on any atom is -0.325 e. The molecule has 1 saturated heterocycles. The van der Waals surface area contributed by atoms with Crippen molar-refractivity contribution in [3.05, 3.63) is 29.3 Å². The van der Waals surface area contributed by atoms with Crippen LogP contribution in [0.1, 0.15) is 32.6 Å². The van der Waals surface area contributed by atoms with Crippen LogP contribution < -0.4 is 5.32 Å². The summed E-state index contributed by atoms with van der Waals surface area (Å²) < 4.78 is 0. The summed E-state index contributed by atoms with van der Waals surface area (Å²) >= 11 is 5.90. The average Bonchev–Trinajstić information content (AvgIpc) is 2.40. The molecule has 1 heterocycles. The number of halogens is 1. The first-order valence-corrected chi connectivity index (χ1v) is 7.71. The van der Waals surface area contributed by atoms with E-state index in [0.29, 0.717) is 23.7 Å². The van der Waals surface area contributed by atoms with E-state index in [0.717, 1.165) is 25.8 Å². The highest BCUT2D eigenvalue weighted by Crippen LogP contribution is 2.20. The normalized spacial score (nSPS) is 19.2. The van der Waals surface area contributed by atoms with Crippen LogP contribution in [0, 0.1) is 0 Å². The number of nitrogens with one attached hydrogen (secondary N) is 1. The summed E-state index contributed by atoms with van der Waals surface area (Å²) in [6.45, 7) is 2.81. The first-order chi connectivity index (χ1) is 10.0. The molecule has 1 aliphatic heterocycles. The Bertz CT molecular complexity index is 519. The standard InChI is InChI=1S/C16H21ClN2O2/c1-12(20)9-15-7-2-3-8-19(15)11-16(21)18-14-6-4-5-13(17)10-14/h4-6,10,15H,2-3,7-9,11H2,1H3,(H,18,21). The molecule has 1 aromatic rings. The van der Waals surface area contributed by atoms with Crippen LogP contribution in [-0.4, -0.2) is 35.7 Å². The summed E-state index contributed by atoms with van der Waals surface area (Å²) in [5.41, 5.74) is 0.702. The molecule has 1 aliphatic rings. The van der Waals surface area contributed by atoms with Crippen molar-refractivity contribution in [3.8, 4) is 0 Å². The first-order valence-electron chi connectivity index (χ1n) is 7.33. The minimum absolute atomic E-state index is 0.0623. The van der Waals surface area contributed by atoms with Gasteiger partial charge in [-0.15, -0.1) is 0 Å². The second-order valence-corrected chi connectivity index (χ2v) is 6.02. The molecule has 2 rings (SSSR count). The molecule has 0 saturated carbocycles. The van der Waals surface area contributed by atoms with E-state index in [1.165, 1.54) is 0 Å². The SMILES string of the molecule is CC(=O)CC1CCCCN1CC(=O)Nc1cccc(Cl)c1. The Morgan fingerprint density at radius 1 is 1.38 bits per heavy atom. The Kier molecular flexibility index (Phi) is 5.76. The highest BCUT2D eigenvalue weighted by atomic mass is 35.5. The molecule has 1 unspecified atom stereocenters. The number of anilines is 1. The first kappa shape index (κ1) is 16.0. The molecule has 1 aromatic carbocycles. The number of hydrogen-bond acceptors (Lipinski definition) is 3. The number of rotatable bonds is 5. The van der Waals surface area contributed by atoms with E-state index in [-0.39, 0.29) is 17.7 Å². The molecule has 1 N–H and O–H groups in total. The van der Waals surface area contributed by atoms with Crippen molar-refractivity contribution < 1.29 is 9.59 Å². The Morgan fingerprint density at radius 2 is 2.19 bits per heavy atom. The molecule has 0 aliphatic carbocycles. The number of amides is 1. The Morgan fingerprint density at radius 3 is 2.90 bits per heavy atom. The molecule has 1 atom stereocenters. The van der Waals surface area contributed by atoms with Gasteiger partial charge in [0, 0.05) is 23.2 Å². The molecule has 0 radical (unpaired) electrons. The molecule has 0 aromatic heterocycles. The van der Waals surface area contributed by atoms with Crippen molar-refractivity contribution in [2.24, 2.45) is 0 Å². The van der Waals surface area contributed by atoms with E-state index in [9.17, 15) is 9.59 Å². The monoisotopic (exact) mass is 308 g/mol. The Balaban J connectivity index is 1.92. The lowest BCUT2D eigenvalue weighted by molar-refractivity contribution is -0.121. The lowest BCUT2D eigenvalue weighted by atomic mass is 9.98. The van der Waals surface area contributed by atoms with E-state index in [2.05, 4.69) is 10.2 Å². The minimum atomic E-state index is -0.0623. The van der Waals surface area contributed by atoms with Crippen molar-refractivity contribution in [1.29, 1.82) is 0 Å². The van der Waals surface area contributed by atoms with E-state index in [1.807, 2.05) is 6.07 Å². The van der Waals surface area contributed by atoms with Gasteiger partial charge in [-0.05, 0) is 44.5 Å². The van der Waals surface area contributed by atoms with Gasteiger partial charge in [0.1, 0.15) is 5.78 Å². The molecular formula is C16H21ClN2O2. The maximum Gasteiger partial charge on any atom is 0.238 e. The van der Waals surface area contributed by atoms with Crippen LogP contribution in [0.2, 0.25) is 5.02 Å². The van der Waals surface area contributed by atoms with Crippen molar-refractivity contribution >= 4 is 29.0 Å². The number of hydrogen-bond donors (Lipinski definition) is 1. The van der Waals surface area contributed by atoms with Gasteiger partial charge in [-0.1, -0.05) is 24.1 Å². The van der Waals surface area contributed by atoms with Crippen LogP contribution >= 0.6 is 11.6 Å². The summed E-state index contributed by atoms with van der Waals surface area (Å²) in [7, 11) is 0. The van der Waals surface area contributed by atoms with Crippen LogP contribution in [0.5, 0.6) is 0 Å². The van der Waals surface area contributed by atoms with Crippen LogP contribution in [-0.2, 0) is 9.59 Å². The summed E-state index contributed by atoms with van der Waals surface area (Å²) in [5.74, 6) is 0.120. The maximum absolute atomic E-state index is 12.1. The molecule has 114 valence electrons. The number of likely N-dealkylation sites (tertiary alicyclic amines) is 1. The topological polar surface area (TPSA) is 49.4 Å². The van der Waals surface area contributed by atoms with Gasteiger partial charge in [-0.25, -0.2) is 0 Å². The largest absolute Gasteiger partial charge is 0.325 e. The van der Waals surface area contributed by atoms with Crippen molar-refractivity contribution in [1.82, 2.24) is 4.90 Å². The van der Waals surface area contributed by atoms with Gasteiger partial charge >= 0.3 is 0 Å². The molecule has 5 heteroatoms. The molecule has 1 fully saturated rings. The smallest absolute Gasteiger partial charge is 0.238 e. The zero-order valence-corrected chi connectivity index (χ0v) is 13.0. The fourth-order valence-electron chi connectivity index (χ4n) is 2.78. The highest BCUT2D eigenvalue weighted by molar-refractivity contribution is 6.30. The molecule has 0 bridgehead atoms. The molecule has 4 nitrogen and oxygen atoms in total. The molecular weight excluding hydrogens is 288 g/mol. The molecule has 21 heavy (non-hydrogen) atoms. The summed E-state index contributed by atoms with van der Waals surface area (Å²) in [4.78, 5) is 25.6. The third kappa shape index (κ3) is 5.14. The van der Waals surface area contributed by atoms with Gasteiger partial charge in [0.25, 0.3) is 0 Å². The Hall–Kier alpha value is -1.39. The van der Waals surface area contributed by atoms with Crippen LogP contribution in [0.4, 0.5) is 5.69 Å². The van der Waals surface area contributed by atoms with Gasteiger partial charge < -0.3 is 5.32 Å². The second kappa shape index (κ2) is 7.57. The van der Waals surface area contributed by atoms with Crippen molar-refractivity contribution in [2.75, 3.05) is 18.4 Å². The summed E-state index contributed by atoms with van der Waals surface area (Å²) in [5, 5.41) is 3.45. The highest BCUT2D eigenvalue weighted by Gasteiger charge is 2.25. The molecule has 0 spiro atoms. The molecule has 1 amide bonds. The lowest BCUT2D eigenvalue weighted by Gasteiger charge is -2.34. The lowest BCUT2D eigenvalue weighted by Crippen LogP contribution is -2.44. The predicted octanol–water partition coefficient (Wildman–Crippen LogP) is 3.11. The van der Waals surface area contributed by atoms with E-state index in [4.69, 9.17) is 11.6 Å². The number of Topliss-reactive ketones (excluding diaryl/α,β-unsaturated/α-hetero) is 1. The summed E-state index contributed by atoms with van der Waals surface area (Å²) in [6.07, 6.45) is 3.73. The number of benzene rings is 1. The van der Waals surface area contributed by atoms with Gasteiger partial charge in [-0.2, -0.15) is 0 Å². The maximum atomic E-state index is 12.1. The van der Waals surface area contributed by atoms with Crippen molar-refractivity contribution in [3.63, 3.8) is 0 Å². The van der Waals surface area contributed by atoms with Gasteiger partial charge in [0.2, 0.25) is 5.91 Å². The third-order valence-electron chi connectivity index (χ3n) is 3.73. The van der Waals surface area contributed by atoms with Gasteiger partial charge in [0.05, 0.1) is 6.54 Å². The Labute approximate surface area is 130 Å². The quantitative estimate of drug-likeness (QED) is 0.909. The number of nitrogens with zero attached hydrogens (tertiary/aromatic N) is 1.